The maximum atomic E-state index is 5.13. The molecule has 0 spiro atoms. The van der Waals surface area contributed by atoms with Gasteiger partial charge in [-0.2, -0.15) is 0 Å². The minimum absolute atomic E-state index is 0.811. The van der Waals surface area contributed by atoms with E-state index < -0.39 is 0 Å². The van der Waals surface area contributed by atoms with Crippen LogP contribution in [0.15, 0.2) is 24.3 Å². The summed E-state index contributed by atoms with van der Waals surface area (Å²) in [5, 5.41) is 0. The van der Waals surface area contributed by atoms with Crippen LogP contribution in [-0.2, 0) is 0 Å². The monoisotopic (exact) mass is 176 g/mol. The first-order valence-electron chi connectivity index (χ1n) is 5.04. The summed E-state index contributed by atoms with van der Waals surface area (Å²) in [6.07, 6.45) is 5.53. The quantitative estimate of drug-likeness (QED) is 0.671. The van der Waals surface area contributed by atoms with Crippen LogP contribution >= 0.6 is 0 Å². The van der Waals surface area contributed by atoms with Gasteiger partial charge in [-0.05, 0) is 36.5 Å². The molecule has 1 aliphatic carbocycles. The van der Waals surface area contributed by atoms with Crippen LogP contribution in [0.4, 0.5) is 0 Å². The van der Waals surface area contributed by atoms with Crippen LogP contribution in [0, 0.1) is 0 Å². The average molecular weight is 176 g/mol. The van der Waals surface area contributed by atoms with Gasteiger partial charge >= 0.3 is 0 Å². The van der Waals surface area contributed by atoms with Gasteiger partial charge in [0.25, 0.3) is 0 Å². The molecule has 1 aromatic rings. The van der Waals surface area contributed by atoms with E-state index in [2.05, 4.69) is 24.3 Å². The van der Waals surface area contributed by atoms with E-state index in [0.717, 1.165) is 11.7 Å². The molecule has 0 saturated heterocycles. The third-order valence-electron chi connectivity index (χ3n) is 2.94. The highest BCUT2D eigenvalue weighted by Crippen LogP contribution is 2.34. The van der Waals surface area contributed by atoms with Crippen LogP contribution in [0.2, 0.25) is 0 Å². The first-order valence-corrected chi connectivity index (χ1v) is 5.04. The van der Waals surface area contributed by atoms with Crippen molar-refractivity contribution in [1.29, 1.82) is 0 Å². The Morgan fingerprint density at radius 1 is 1.08 bits per heavy atom. The number of ether oxygens (including phenoxy) is 1. The molecule has 1 aromatic carbocycles. The Hall–Kier alpha value is -0.980. The molecule has 1 heteroatoms. The van der Waals surface area contributed by atoms with Crippen LogP contribution < -0.4 is 4.74 Å². The van der Waals surface area contributed by atoms with Crippen molar-refractivity contribution in [3.63, 3.8) is 0 Å². The highest BCUT2D eigenvalue weighted by Gasteiger charge is 2.16. The van der Waals surface area contributed by atoms with Crippen LogP contribution in [0.3, 0.4) is 0 Å². The molecule has 1 fully saturated rings. The van der Waals surface area contributed by atoms with Crippen LogP contribution in [-0.4, -0.2) is 7.11 Å². The average Bonchev–Trinajstić information content (AvgIpc) is 2.71. The Kier molecular flexibility index (Phi) is 2.53. The number of hydrogen-bond donors (Lipinski definition) is 0. The van der Waals surface area contributed by atoms with E-state index in [-0.39, 0.29) is 0 Å². The van der Waals surface area contributed by atoms with Gasteiger partial charge in [-0.15, -0.1) is 0 Å². The summed E-state index contributed by atoms with van der Waals surface area (Å²) in [5.74, 6) is 1.77. The van der Waals surface area contributed by atoms with Gasteiger partial charge in [-0.25, -0.2) is 0 Å². The van der Waals surface area contributed by atoms with Gasteiger partial charge in [0, 0.05) is 0 Å². The van der Waals surface area contributed by atoms with E-state index in [1.54, 1.807) is 7.11 Å². The summed E-state index contributed by atoms with van der Waals surface area (Å²) >= 11 is 0. The van der Waals surface area contributed by atoms with Gasteiger partial charge in [0.05, 0.1) is 7.11 Å². The van der Waals surface area contributed by atoms with E-state index in [4.69, 9.17) is 4.74 Å². The molecular formula is C12H16O. The Bertz CT molecular complexity index is 257. The maximum Gasteiger partial charge on any atom is 0.118 e. The third-order valence-corrected chi connectivity index (χ3v) is 2.94. The smallest absolute Gasteiger partial charge is 0.118 e. The highest BCUT2D eigenvalue weighted by molar-refractivity contribution is 5.29. The van der Waals surface area contributed by atoms with Crippen LogP contribution in [0.1, 0.15) is 37.2 Å². The van der Waals surface area contributed by atoms with Crippen molar-refractivity contribution in [3.05, 3.63) is 29.8 Å². The second-order valence-electron chi connectivity index (χ2n) is 3.75. The molecule has 0 aliphatic heterocycles. The second kappa shape index (κ2) is 3.82. The number of methoxy groups -OCH3 is 1. The topological polar surface area (TPSA) is 9.23 Å². The zero-order valence-electron chi connectivity index (χ0n) is 8.12. The van der Waals surface area contributed by atoms with Crippen molar-refractivity contribution in [2.75, 3.05) is 7.11 Å². The minimum Gasteiger partial charge on any atom is -0.497 e. The first kappa shape index (κ1) is 8.61. The van der Waals surface area contributed by atoms with E-state index in [0.29, 0.717) is 0 Å². The van der Waals surface area contributed by atoms with E-state index >= 15 is 0 Å². The third kappa shape index (κ3) is 1.85. The van der Waals surface area contributed by atoms with Crippen molar-refractivity contribution in [3.8, 4) is 5.75 Å². The van der Waals surface area contributed by atoms with Crippen molar-refractivity contribution in [2.45, 2.75) is 31.6 Å². The van der Waals surface area contributed by atoms with Gasteiger partial charge in [0.2, 0.25) is 0 Å². The Balaban J connectivity index is 2.12. The number of hydrogen-bond acceptors (Lipinski definition) is 1. The first-order chi connectivity index (χ1) is 6.40. The normalized spacial score (nSPS) is 17.6. The van der Waals surface area contributed by atoms with Crippen molar-refractivity contribution >= 4 is 0 Å². The molecule has 1 saturated carbocycles. The highest BCUT2D eigenvalue weighted by atomic mass is 16.5. The molecule has 0 unspecified atom stereocenters. The minimum atomic E-state index is 0.811. The molecular weight excluding hydrogens is 160 g/mol. The Labute approximate surface area is 79.7 Å². The summed E-state index contributed by atoms with van der Waals surface area (Å²) in [6.45, 7) is 0. The molecule has 13 heavy (non-hydrogen) atoms. The predicted molar refractivity (Wildman–Crippen MR) is 54.2 cm³/mol. The van der Waals surface area contributed by atoms with Gasteiger partial charge < -0.3 is 4.74 Å². The van der Waals surface area contributed by atoms with Crippen molar-refractivity contribution in [1.82, 2.24) is 0 Å². The molecule has 0 amide bonds. The molecule has 0 atom stereocenters. The molecule has 2 rings (SSSR count). The second-order valence-corrected chi connectivity index (χ2v) is 3.75. The van der Waals surface area contributed by atoms with Crippen LogP contribution in [0.5, 0.6) is 5.75 Å². The maximum absolute atomic E-state index is 5.13. The Morgan fingerprint density at radius 2 is 1.69 bits per heavy atom. The summed E-state index contributed by atoms with van der Waals surface area (Å²) in [6, 6.07) is 8.53. The predicted octanol–water partition coefficient (Wildman–Crippen LogP) is 3.35. The molecule has 1 nitrogen and oxygen atoms in total. The molecule has 0 heterocycles. The van der Waals surface area contributed by atoms with Gasteiger partial charge in [-0.1, -0.05) is 25.0 Å². The lowest BCUT2D eigenvalue weighted by molar-refractivity contribution is 0.414. The van der Waals surface area contributed by atoms with E-state index in [1.807, 2.05) is 0 Å². The number of rotatable bonds is 2. The summed E-state index contributed by atoms with van der Waals surface area (Å²) in [7, 11) is 1.71. The summed E-state index contributed by atoms with van der Waals surface area (Å²) in [4.78, 5) is 0. The number of benzene rings is 1. The molecule has 0 aromatic heterocycles. The van der Waals surface area contributed by atoms with Gasteiger partial charge in [0.1, 0.15) is 5.75 Å². The lowest BCUT2D eigenvalue weighted by atomic mass is 9.98. The fourth-order valence-electron chi connectivity index (χ4n) is 2.14. The fraction of sp³-hybridized carbons (Fsp3) is 0.500. The largest absolute Gasteiger partial charge is 0.497 e. The fourth-order valence-corrected chi connectivity index (χ4v) is 2.14. The van der Waals surface area contributed by atoms with Gasteiger partial charge in [-0.3, -0.25) is 0 Å². The van der Waals surface area contributed by atoms with E-state index in [9.17, 15) is 0 Å². The van der Waals surface area contributed by atoms with Crippen molar-refractivity contribution in [2.24, 2.45) is 0 Å². The zero-order chi connectivity index (χ0) is 9.10. The standard InChI is InChI=1S/C12H16O/c1-13-12-8-6-11(7-9-12)10-4-2-3-5-10/h6-10H,2-5H2,1H3. The van der Waals surface area contributed by atoms with E-state index in [1.165, 1.54) is 31.2 Å². The van der Waals surface area contributed by atoms with Crippen LogP contribution in [0.25, 0.3) is 0 Å². The molecule has 0 radical (unpaired) electrons. The molecule has 1 aliphatic rings. The zero-order valence-corrected chi connectivity index (χ0v) is 8.12. The lowest BCUT2D eigenvalue weighted by Gasteiger charge is -2.09. The Morgan fingerprint density at radius 3 is 2.23 bits per heavy atom. The molecule has 70 valence electrons. The molecule has 0 N–H and O–H groups in total. The summed E-state index contributed by atoms with van der Waals surface area (Å²) < 4.78 is 5.13. The van der Waals surface area contributed by atoms with Gasteiger partial charge in [0.15, 0.2) is 0 Å². The lowest BCUT2D eigenvalue weighted by Crippen LogP contribution is -1.91. The van der Waals surface area contributed by atoms with Crippen molar-refractivity contribution < 1.29 is 4.74 Å². The SMILES string of the molecule is COc1ccc(C2CCCC2)cc1. The summed E-state index contributed by atoms with van der Waals surface area (Å²) in [5.41, 5.74) is 1.48. The molecule has 0 bridgehead atoms.